The van der Waals surface area contributed by atoms with Crippen molar-refractivity contribution in [3.05, 3.63) is 65.5 Å². The first-order valence-electron chi connectivity index (χ1n) is 10.8. The topological polar surface area (TPSA) is 99.1 Å². The Morgan fingerprint density at radius 3 is 2.03 bits per heavy atom. The van der Waals surface area contributed by atoms with E-state index in [1.54, 1.807) is 0 Å². The van der Waals surface area contributed by atoms with Gasteiger partial charge in [-0.05, 0) is 61.2 Å². The predicted octanol–water partition coefficient (Wildman–Crippen LogP) is 4.44. The Balaban J connectivity index is 1.86. The van der Waals surface area contributed by atoms with Crippen LogP contribution in [-0.4, -0.2) is 37.8 Å². The van der Waals surface area contributed by atoms with Gasteiger partial charge in [-0.25, -0.2) is 12.8 Å². The van der Waals surface area contributed by atoms with E-state index in [4.69, 9.17) is 0 Å². The van der Waals surface area contributed by atoms with Crippen LogP contribution in [0.15, 0.2) is 53.4 Å². The molecule has 2 atom stereocenters. The summed E-state index contributed by atoms with van der Waals surface area (Å²) in [5.74, 6) is -2.75. The highest BCUT2D eigenvalue weighted by molar-refractivity contribution is 7.91. The minimum Gasteiger partial charge on any atom is -0.336 e. The van der Waals surface area contributed by atoms with Crippen LogP contribution in [-0.2, 0) is 20.8 Å². The van der Waals surface area contributed by atoms with Gasteiger partial charge >= 0.3 is 12.4 Å². The number of amides is 1. The van der Waals surface area contributed by atoms with E-state index in [1.807, 2.05) is 6.07 Å². The molecule has 1 amide bonds. The second-order valence-electron chi connectivity index (χ2n) is 8.56. The first-order valence-corrected chi connectivity index (χ1v) is 12.4. The van der Waals surface area contributed by atoms with Gasteiger partial charge in [-0.2, -0.15) is 31.6 Å². The molecule has 1 aliphatic rings. The molecule has 0 unspecified atom stereocenters. The normalized spacial score (nSPS) is 16.9. The summed E-state index contributed by atoms with van der Waals surface area (Å²) in [4.78, 5) is 12.3. The third-order valence-corrected chi connectivity index (χ3v) is 7.52. The number of alkyl halides is 6. The van der Waals surface area contributed by atoms with Crippen LogP contribution in [0.5, 0.6) is 0 Å². The Morgan fingerprint density at radius 1 is 1.00 bits per heavy atom. The van der Waals surface area contributed by atoms with Crippen molar-refractivity contribution in [2.24, 2.45) is 0 Å². The zero-order valence-corrected chi connectivity index (χ0v) is 19.6. The van der Waals surface area contributed by atoms with Crippen LogP contribution in [0.1, 0.15) is 36.4 Å². The number of carbonyl (C=O) groups excluding carboxylic acids is 1. The summed E-state index contributed by atoms with van der Waals surface area (Å²) in [7, 11) is -4.31. The number of halogens is 7. The lowest BCUT2D eigenvalue weighted by molar-refractivity contribution is -0.161. The van der Waals surface area contributed by atoms with Gasteiger partial charge in [0, 0.05) is 0 Å². The largest absolute Gasteiger partial charge is 0.416 e. The fourth-order valence-corrected chi connectivity index (χ4v) is 4.81. The molecule has 2 N–H and O–H groups in total. The summed E-state index contributed by atoms with van der Waals surface area (Å²) in [6, 6.07) is 3.39. The van der Waals surface area contributed by atoms with Crippen LogP contribution in [0.3, 0.4) is 0 Å². The van der Waals surface area contributed by atoms with Crippen molar-refractivity contribution in [3.63, 3.8) is 0 Å². The Bertz CT molecular complexity index is 1270. The van der Waals surface area contributed by atoms with Crippen molar-refractivity contribution in [3.8, 4) is 6.07 Å². The van der Waals surface area contributed by atoms with Crippen LogP contribution in [0.2, 0.25) is 0 Å². The molecule has 2 aromatic rings. The molecule has 0 saturated heterocycles. The number of hydrogen-bond acceptors (Lipinski definition) is 5. The van der Waals surface area contributed by atoms with Gasteiger partial charge < -0.3 is 5.32 Å². The van der Waals surface area contributed by atoms with E-state index in [2.05, 4.69) is 10.6 Å². The Kier molecular flexibility index (Phi) is 7.90. The van der Waals surface area contributed by atoms with Crippen LogP contribution >= 0.6 is 0 Å². The van der Waals surface area contributed by atoms with E-state index in [-0.39, 0.29) is 12.8 Å². The standard InChI is InChI=1S/C23H20F7N3O3S/c24-16-5-1-14(2-6-16)19(23(28,29)30)32-18(20(34)33-21(13-31)10-11-21)9-12-37(35,36)17-7-3-15(4-8-17)22(25,26)27/h1-8,18-19,32H,9-12H2,(H,33,34)/t18-,19-/m0/s1. The lowest BCUT2D eigenvalue weighted by atomic mass is 10.0. The molecule has 2 aromatic carbocycles. The highest BCUT2D eigenvalue weighted by Crippen LogP contribution is 2.36. The minimum atomic E-state index is -4.98. The average Bonchev–Trinajstić information content (AvgIpc) is 3.58. The van der Waals surface area contributed by atoms with Gasteiger partial charge in [0.15, 0.2) is 9.84 Å². The van der Waals surface area contributed by atoms with Crippen LogP contribution < -0.4 is 10.6 Å². The second-order valence-corrected chi connectivity index (χ2v) is 10.7. The summed E-state index contributed by atoms with van der Waals surface area (Å²) in [6.07, 6.45) is -9.87. The number of nitrogens with zero attached hydrogens (tertiary/aromatic N) is 1. The van der Waals surface area contributed by atoms with E-state index in [9.17, 15) is 49.2 Å². The van der Waals surface area contributed by atoms with Gasteiger partial charge in [-0.15, -0.1) is 0 Å². The maximum atomic E-state index is 13.9. The molecule has 6 nitrogen and oxygen atoms in total. The molecule has 200 valence electrons. The molecular weight excluding hydrogens is 531 g/mol. The smallest absolute Gasteiger partial charge is 0.336 e. The van der Waals surface area contributed by atoms with E-state index in [1.165, 1.54) is 0 Å². The number of nitriles is 1. The van der Waals surface area contributed by atoms with E-state index >= 15 is 0 Å². The fraction of sp³-hybridized carbons (Fsp3) is 0.391. The summed E-state index contributed by atoms with van der Waals surface area (Å²) in [6.45, 7) is 0. The number of nitrogens with one attached hydrogen (secondary N) is 2. The summed E-state index contributed by atoms with van der Waals surface area (Å²) in [5, 5.41) is 13.6. The summed E-state index contributed by atoms with van der Waals surface area (Å²) < 4.78 is 119. The monoisotopic (exact) mass is 551 g/mol. The molecule has 0 radical (unpaired) electrons. The molecule has 3 rings (SSSR count). The SMILES string of the molecule is N#CC1(NC(=O)[C@H](CCS(=O)(=O)c2ccc(C(F)(F)F)cc2)N[C@@H](c2ccc(F)cc2)C(F)(F)F)CC1. The predicted molar refractivity (Wildman–Crippen MR) is 116 cm³/mol. The summed E-state index contributed by atoms with van der Waals surface area (Å²) in [5.41, 5.74) is -2.81. The van der Waals surface area contributed by atoms with Gasteiger partial charge in [0.1, 0.15) is 17.4 Å². The van der Waals surface area contributed by atoms with Crippen LogP contribution in [0, 0.1) is 17.1 Å². The fourth-order valence-electron chi connectivity index (χ4n) is 3.48. The summed E-state index contributed by atoms with van der Waals surface area (Å²) >= 11 is 0. The van der Waals surface area contributed by atoms with Crippen molar-refractivity contribution < 1.29 is 43.9 Å². The quantitative estimate of drug-likeness (QED) is 0.449. The first kappa shape index (κ1) is 28.4. The molecule has 0 heterocycles. The molecule has 0 spiro atoms. The molecule has 1 saturated carbocycles. The van der Waals surface area contributed by atoms with Crippen molar-refractivity contribution >= 4 is 15.7 Å². The number of benzene rings is 2. The van der Waals surface area contributed by atoms with Gasteiger partial charge in [-0.3, -0.25) is 10.1 Å². The molecule has 0 bridgehead atoms. The molecular formula is C23H20F7N3O3S. The Morgan fingerprint density at radius 2 is 1.57 bits per heavy atom. The Hall–Kier alpha value is -3.18. The molecule has 1 aliphatic carbocycles. The molecule has 1 fully saturated rings. The zero-order chi connectivity index (χ0) is 27.6. The van der Waals surface area contributed by atoms with E-state index < -0.39 is 79.7 Å². The maximum absolute atomic E-state index is 13.9. The zero-order valence-electron chi connectivity index (χ0n) is 18.8. The third-order valence-electron chi connectivity index (χ3n) is 5.76. The van der Waals surface area contributed by atoms with Crippen LogP contribution in [0.4, 0.5) is 30.7 Å². The number of carbonyl (C=O) groups is 1. The highest BCUT2D eigenvalue weighted by Gasteiger charge is 2.47. The van der Waals surface area contributed by atoms with Crippen molar-refractivity contribution in [1.29, 1.82) is 5.26 Å². The lowest BCUT2D eigenvalue weighted by Gasteiger charge is -2.28. The van der Waals surface area contributed by atoms with Gasteiger partial charge in [-0.1, -0.05) is 12.1 Å². The van der Waals surface area contributed by atoms with Gasteiger partial charge in [0.2, 0.25) is 5.91 Å². The Labute approximate surface area is 207 Å². The number of rotatable bonds is 9. The average molecular weight is 551 g/mol. The number of sulfone groups is 1. The van der Waals surface area contributed by atoms with Crippen molar-refractivity contribution in [2.45, 2.75) is 54.1 Å². The maximum Gasteiger partial charge on any atom is 0.416 e. The third kappa shape index (κ3) is 7.20. The van der Waals surface area contributed by atoms with Crippen molar-refractivity contribution in [1.82, 2.24) is 10.6 Å². The van der Waals surface area contributed by atoms with E-state index in [0.717, 1.165) is 24.3 Å². The molecule has 37 heavy (non-hydrogen) atoms. The van der Waals surface area contributed by atoms with Crippen molar-refractivity contribution in [2.75, 3.05) is 5.75 Å². The van der Waals surface area contributed by atoms with Gasteiger partial charge in [0.25, 0.3) is 0 Å². The molecule has 14 heteroatoms. The van der Waals surface area contributed by atoms with E-state index in [0.29, 0.717) is 24.3 Å². The second kappa shape index (κ2) is 10.3. The van der Waals surface area contributed by atoms with Gasteiger partial charge in [0.05, 0.1) is 28.3 Å². The van der Waals surface area contributed by atoms with Crippen LogP contribution in [0.25, 0.3) is 0 Å². The highest BCUT2D eigenvalue weighted by atomic mass is 32.2. The minimum absolute atomic E-state index is 0.256. The first-order chi connectivity index (χ1) is 17.1. The number of hydrogen-bond donors (Lipinski definition) is 2. The molecule has 0 aromatic heterocycles. The molecule has 0 aliphatic heterocycles. The lowest BCUT2D eigenvalue weighted by Crippen LogP contribution is -2.52.